The summed E-state index contributed by atoms with van der Waals surface area (Å²) in [5, 5.41) is 3.00. The molecule has 2 amide bonds. The van der Waals surface area contributed by atoms with E-state index >= 15 is 0 Å². The highest BCUT2D eigenvalue weighted by Crippen LogP contribution is 2.19. The zero-order valence-electron chi connectivity index (χ0n) is 19.5. The second-order valence-electron chi connectivity index (χ2n) is 8.65. The van der Waals surface area contributed by atoms with Crippen LogP contribution in [0.4, 0.5) is 4.39 Å². The van der Waals surface area contributed by atoms with Crippen LogP contribution < -0.4 is 10.1 Å². The summed E-state index contributed by atoms with van der Waals surface area (Å²) in [6.45, 7) is 8.01. The van der Waals surface area contributed by atoms with Crippen LogP contribution in [0.5, 0.6) is 5.75 Å². The first-order valence-corrected chi connectivity index (χ1v) is 11.8. The minimum absolute atomic E-state index is 0.108. The number of nitrogens with one attached hydrogen (secondary N) is 1. The number of thioether (sulfide) groups is 1. The first-order valence-electron chi connectivity index (χ1n) is 10.7. The lowest BCUT2D eigenvalue weighted by Gasteiger charge is -2.33. The number of halogens is 1. The Morgan fingerprint density at radius 3 is 2.19 bits per heavy atom. The maximum atomic E-state index is 13.2. The van der Waals surface area contributed by atoms with Crippen LogP contribution in [0.3, 0.4) is 0 Å². The Labute approximate surface area is 194 Å². The van der Waals surface area contributed by atoms with Gasteiger partial charge in [0.2, 0.25) is 11.8 Å². The number of nitrogens with zero attached hydrogens (tertiary/aromatic N) is 1. The SMILES string of the molecule is CC[C@@H](C(=O)NC(C)(C)C)N(Cc1ccc(OC)cc1)C(=O)CSCc1ccc(F)cc1. The number of hydrogen-bond donors (Lipinski definition) is 1. The van der Waals surface area contributed by atoms with Gasteiger partial charge in [0.15, 0.2) is 0 Å². The summed E-state index contributed by atoms with van der Waals surface area (Å²) in [6.07, 6.45) is 0.506. The first-order chi connectivity index (χ1) is 15.1. The van der Waals surface area contributed by atoms with Gasteiger partial charge in [-0.3, -0.25) is 9.59 Å². The zero-order valence-corrected chi connectivity index (χ0v) is 20.3. The standard InChI is InChI=1S/C25H33FN2O3S/c1-6-22(24(30)27-25(2,3)4)28(15-18-9-13-21(31-5)14-10-18)23(29)17-32-16-19-7-11-20(26)12-8-19/h7-14,22H,6,15-17H2,1-5H3,(H,27,30)/t22-/m0/s1. The van der Waals surface area contributed by atoms with Crippen molar-refractivity contribution in [3.63, 3.8) is 0 Å². The second-order valence-corrected chi connectivity index (χ2v) is 9.64. The summed E-state index contributed by atoms with van der Waals surface area (Å²) in [7, 11) is 1.60. The van der Waals surface area contributed by atoms with E-state index in [2.05, 4.69) is 5.32 Å². The van der Waals surface area contributed by atoms with E-state index in [4.69, 9.17) is 4.74 Å². The van der Waals surface area contributed by atoms with E-state index in [9.17, 15) is 14.0 Å². The van der Waals surface area contributed by atoms with Crippen molar-refractivity contribution in [3.05, 3.63) is 65.5 Å². The maximum absolute atomic E-state index is 13.2. The van der Waals surface area contributed by atoms with Gasteiger partial charge in [-0.2, -0.15) is 0 Å². The molecule has 0 saturated heterocycles. The fraction of sp³-hybridized carbons (Fsp3) is 0.440. The quantitative estimate of drug-likeness (QED) is 0.554. The molecule has 0 saturated carbocycles. The van der Waals surface area contributed by atoms with Crippen molar-refractivity contribution in [1.82, 2.24) is 10.2 Å². The number of benzene rings is 2. The Kier molecular flexibility index (Phi) is 9.57. The Balaban J connectivity index is 2.15. The Morgan fingerprint density at radius 2 is 1.66 bits per heavy atom. The maximum Gasteiger partial charge on any atom is 0.243 e. The van der Waals surface area contributed by atoms with Gasteiger partial charge in [-0.1, -0.05) is 31.2 Å². The van der Waals surface area contributed by atoms with Crippen LogP contribution in [0.15, 0.2) is 48.5 Å². The lowest BCUT2D eigenvalue weighted by atomic mass is 10.1. The number of amides is 2. The molecule has 0 aliphatic heterocycles. The number of carbonyl (C=O) groups excluding carboxylic acids is 2. The molecule has 2 rings (SSSR count). The average Bonchev–Trinajstić information content (AvgIpc) is 2.74. The van der Waals surface area contributed by atoms with Crippen molar-refractivity contribution < 1.29 is 18.7 Å². The molecule has 0 aromatic heterocycles. The summed E-state index contributed by atoms with van der Waals surface area (Å²) in [5.41, 5.74) is 1.48. The van der Waals surface area contributed by atoms with E-state index in [0.29, 0.717) is 18.7 Å². The molecule has 0 spiro atoms. The Hall–Kier alpha value is -2.54. The fourth-order valence-electron chi connectivity index (χ4n) is 3.22. The number of ether oxygens (including phenoxy) is 1. The van der Waals surface area contributed by atoms with Crippen LogP contribution in [0.25, 0.3) is 0 Å². The van der Waals surface area contributed by atoms with Gasteiger partial charge in [-0.25, -0.2) is 4.39 Å². The third-order valence-corrected chi connectivity index (χ3v) is 5.79. The monoisotopic (exact) mass is 460 g/mol. The van der Waals surface area contributed by atoms with Crippen molar-refractivity contribution in [2.45, 2.75) is 58.0 Å². The van der Waals surface area contributed by atoms with Gasteiger partial charge in [0, 0.05) is 17.8 Å². The van der Waals surface area contributed by atoms with Crippen LogP contribution in [-0.2, 0) is 21.9 Å². The van der Waals surface area contributed by atoms with Gasteiger partial charge in [-0.15, -0.1) is 11.8 Å². The molecular weight excluding hydrogens is 427 g/mol. The van der Waals surface area contributed by atoms with Crippen LogP contribution in [0.1, 0.15) is 45.2 Å². The molecule has 0 heterocycles. The Morgan fingerprint density at radius 1 is 1.06 bits per heavy atom. The first kappa shape index (κ1) is 25.7. The lowest BCUT2D eigenvalue weighted by Crippen LogP contribution is -2.53. The van der Waals surface area contributed by atoms with Gasteiger partial charge < -0.3 is 15.0 Å². The average molecular weight is 461 g/mol. The van der Waals surface area contributed by atoms with Gasteiger partial charge in [0.1, 0.15) is 17.6 Å². The van der Waals surface area contributed by atoms with Crippen molar-refractivity contribution >= 4 is 23.6 Å². The second kappa shape index (κ2) is 11.9. The van der Waals surface area contributed by atoms with Crippen LogP contribution in [0, 0.1) is 5.82 Å². The van der Waals surface area contributed by atoms with Crippen LogP contribution in [0.2, 0.25) is 0 Å². The predicted octanol–water partition coefficient (Wildman–Crippen LogP) is 4.79. The molecule has 1 atom stereocenters. The number of carbonyl (C=O) groups is 2. The lowest BCUT2D eigenvalue weighted by molar-refractivity contribution is -0.140. The fourth-order valence-corrected chi connectivity index (χ4v) is 4.09. The van der Waals surface area contributed by atoms with E-state index in [1.807, 2.05) is 52.0 Å². The van der Waals surface area contributed by atoms with Gasteiger partial charge in [-0.05, 0) is 62.6 Å². The highest BCUT2D eigenvalue weighted by Gasteiger charge is 2.30. The van der Waals surface area contributed by atoms with Crippen molar-refractivity contribution in [1.29, 1.82) is 0 Å². The molecule has 0 fully saturated rings. The molecule has 7 heteroatoms. The largest absolute Gasteiger partial charge is 0.497 e. The zero-order chi connectivity index (χ0) is 23.7. The number of methoxy groups -OCH3 is 1. The molecule has 174 valence electrons. The van der Waals surface area contributed by atoms with Gasteiger partial charge in [0.25, 0.3) is 0 Å². The molecular formula is C25H33FN2O3S. The van der Waals surface area contributed by atoms with E-state index < -0.39 is 11.6 Å². The molecule has 5 nitrogen and oxygen atoms in total. The number of rotatable bonds is 10. The van der Waals surface area contributed by atoms with E-state index in [0.717, 1.165) is 16.9 Å². The minimum atomic E-state index is -0.574. The molecule has 0 radical (unpaired) electrons. The summed E-state index contributed by atoms with van der Waals surface area (Å²) >= 11 is 1.45. The molecule has 0 bridgehead atoms. The minimum Gasteiger partial charge on any atom is -0.497 e. The molecule has 0 aliphatic rings. The van der Waals surface area contributed by atoms with Crippen LogP contribution >= 0.6 is 11.8 Å². The van der Waals surface area contributed by atoms with Crippen molar-refractivity contribution in [2.75, 3.05) is 12.9 Å². The molecule has 2 aromatic carbocycles. The normalized spacial score (nSPS) is 12.2. The van der Waals surface area contributed by atoms with Crippen LogP contribution in [-0.4, -0.2) is 41.2 Å². The molecule has 32 heavy (non-hydrogen) atoms. The molecule has 1 N–H and O–H groups in total. The predicted molar refractivity (Wildman–Crippen MR) is 128 cm³/mol. The third-order valence-electron chi connectivity index (χ3n) is 4.80. The summed E-state index contributed by atoms with van der Waals surface area (Å²) in [6, 6.07) is 13.2. The summed E-state index contributed by atoms with van der Waals surface area (Å²) in [5.74, 6) is 1.00. The van der Waals surface area contributed by atoms with E-state index in [1.54, 1.807) is 24.1 Å². The molecule has 0 unspecified atom stereocenters. The summed E-state index contributed by atoms with van der Waals surface area (Å²) in [4.78, 5) is 27.9. The molecule has 2 aromatic rings. The highest BCUT2D eigenvalue weighted by atomic mass is 32.2. The topological polar surface area (TPSA) is 58.6 Å². The highest BCUT2D eigenvalue weighted by molar-refractivity contribution is 7.99. The third kappa shape index (κ3) is 8.19. The summed E-state index contributed by atoms with van der Waals surface area (Å²) < 4.78 is 18.3. The van der Waals surface area contributed by atoms with Gasteiger partial charge >= 0.3 is 0 Å². The van der Waals surface area contributed by atoms with Gasteiger partial charge in [0.05, 0.1) is 12.9 Å². The Bertz CT molecular complexity index is 880. The smallest absolute Gasteiger partial charge is 0.243 e. The van der Waals surface area contributed by atoms with Crippen molar-refractivity contribution in [3.8, 4) is 5.75 Å². The van der Waals surface area contributed by atoms with E-state index in [-0.39, 0.29) is 23.4 Å². The molecule has 0 aliphatic carbocycles. The van der Waals surface area contributed by atoms with E-state index in [1.165, 1.54) is 23.9 Å². The van der Waals surface area contributed by atoms with Crippen molar-refractivity contribution in [2.24, 2.45) is 0 Å². The number of hydrogen-bond acceptors (Lipinski definition) is 4.